The van der Waals surface area contributed by atoms with Gasteiger partial charge >= 0.3 is 0 Å². The molecule has 1 aliphatic rings. The zero-order chi connectivity index (χ0) is 21.9. The molecular formula is C21H21FN2O5S. The first-order valence-corrected chi connectivity index (χ1v) is 10.7. The van der Waals surface area contributed by atoms with Crippen LogP contribution in [0.1, 0.15) is 24.5 Å². The van der Waals surface area contributed by atoms with Gasteiger partial charge in [0.2, 0.25) is 5.91 Å². The van der Waals surface area contributed by atoms with Crippen molar-refractivity contribution in [3.8, 4) is 5.75 Å². The van der Waals surface area contributed by atoms with Crippen LogP contribution in [-0.2, 0) is 26.2 Å². The minimum atomic E-state index is -4.21. The molecule has 0 saturated carbocycles. The fourth-order valence-corrected chi connectivity index (χ4v) is 4.99. The molecular weight excluding hydrogens is 411 g/mol. The number of nitrogens with zero attached hydrogens (tertiary/aromatic N) is 1. The number of benzene rings is 2. The highest BCUT2D eigenvalue weighted by Gasteiger charge is 2.44. The van der Waals surface area contributed by atoms with Gasteiger partial charge in [-0.25, -0.2) is 17.1 Å². The highest BCUT2D eigenvalue weighted by molar-refractivity contribution is 7.99. The summed E-state index contributed by atoms with van der Waals surface area (Å²) in [5.74, 6) is -1.38. The van der Waals surface area contributed by atoms with E-state index >= 15 is 0 Å². The molecule has 1 heterocycles. The van der Waals surface area contributed by atoms with Gasteiger partial charge in [0.1, 0.15) is 23.0 Å². The SMILES string of the molecule is CCC1=C(c2ccc(OC)cc2)S(=O)(=O)N(CC(=O)NCc2ccccc2F)C1=O. The standard InChI is InChI=1S/C21H21FN2O5S/c1-3-17-20(14-8-10-16(29-2)11-9-14)30(27,28)24(21(17)26)13-19(25)23-12-15-6-4-5-7-18(15)22/h4-11H,3,12-13H2,1-2H3,(H,23,25). The number of sulfonamides is 1. The fourth-order valence-electron chi connectivity index (χ4n) is 3.18. The Hall–Kier alpha value is -3.20. The van der Waals surface area contributed by atoms with Crippen molar-refractivity contribution in [2.45, 2.75) is 19.9 Å². The van der Waals surface area contributed by atoms with Crippen LogP contribution in [0, 0.1) is 5.82 Å². The number of amides is 2. The van der Waals surface area contributed by atoms with Gasteiger partial charge in [-0.05, 0) is 42.3 Å². The summed E-state index contributed by atoms with van der Waals surface area (Å²) in [5, 5.41) is 2.46. The first kappa shape index (κ1) is 21.5. The largest absolute Gasteiger partial charge is 0.497 e. The van der Waals surface area contributed by atoms with Crippen molar-refractivity contribution < 1.29 is 27.1 Å². The van der Waals surface area contributed by atoms with E-state index in [9.17, 15) is 22.4 Å². The Kier molecular flexibility index (Phi) is 6.21. The molecule has 0 bridgehead atoms. The molecule has 0 aromatic heterocycles. The molecule has 2 aromatic rings. The summed E-state index contributed by atoms with van der Waals surface area (Å²) in [4.78, 5) is 24.9. The summed E-state index contributed by atoms with van der Waals surface area (Å²) in [6, 6.07) is 12.2. The third kappa shape index (κ3) is 4.06. The second-order valence-corrected chi connectivity index (χ2v) is 8.37. The molecule has 0 spiro atoms. The molecule has 0 fully saturated rings. The van der Waals surface area contributed by atoms with E-state index in [4.69, 9.17) is 4.74 Å². The smallest absolute Gasteiger partial charge is 0.268 e. The van der Waals surface area contributed by atoms with E-state index in [1.54, 1.807) is 37.3 Å². The number of carbonyl (C=O) groups excluding carboxylic acids is 2. The Bertz CT molecular complexity index is 1110. The predicted molar refractivity (Wildman–Crippen MR) is 109 cm³/mol. The van der Waals surface area contributed by atoms with Gasteiger partial charge in [0.15, 0.2) is 0 Å². The summed E-state index contributed by atoms with van der Waals surface area (Å²) >= 11 is 0. The van der Waals surface area contributed by atoms with Crippen molar-refractivity contribution in [1.29, 1.82) is 0 Å². The molecule has 30 heavy (non-hydrogen) atoms. The fraction of sp³-hybridized carbons (Fsp3) is 0.238. The number of hydrogen-bond donors (Lipinski definition) is 1. The van der Waals surface area contributed by atoms with Crippen LogP contribution < -0.4 is 10.1 Å². The van der Waals surface area contributed by atoms with Crippen molar-refractivity contribution in [3.05, 3.63) is 71.0 Å². The Balaban J connectivity index is 1.80. The van der Waals surface area contributed by atoms with E-state index in [1.807, 2.05) is 0 Å². The van der Waals surface area contributed by atoms with Crippen LogP contribution in [0.5, 0.6) is 5.75 Å². The number of hydrogen-bond acceptors (Lipinski definition) is 5. The molecule has 2 amide bonds. The lowest BCUT2D eigenvalue weighted by Gasteiger charge is -2.16. The van der Waals surface area contributed by atoms with Gasteiger partial charge in [-0.1, -0.05) is 25.1 Å². The maximum absolute atomic E-state index is 13.7. The first-order chi connectivity index (χ1) is 14.3. The third-order valence-electron chi connectivity index (χ3n) is 4.73. The monoisotopic (exact) mass is 432 g/mol. The van der Waals surface area contributed by atoms with E-state index < -0.39 is 34.2 Å². The average Bonchev–Trinajstić information content (AvgIpc) is 2.93. The van der Waals surface area contributed by atoms with Crippen LogP contribution in [0.25, 0.3) is 4.91 Å². The maximum atomic E-state index is 13.7. The number of halogens is 1. The topological polar surface area (TPSA) is 92.8 Å². The first-order valence-electron chi connectivity index (χ1n) is 9.24. The number of methoxy groups -OCH3 is 1. The van der Waals surface area contributed by atoms with E-state index in [0.29, 0.717) is 15.6 Å². The van der Waals surface area contributed by atoms with Crippen LogP contribution in [-0.4, -0.2) is 38.2 Å². The highest BCUT2D eigenvalue weighted by Crippen LogP contribution is 2.37. The molecule has 1 aliphatic heterocycles. The van der Waals surface area contributed by atoms with Gasteiger partial charge in [0, 0.05) is 17.7 Å². The van der Waals surface area contributed by atoms with Gasteiger partial charge in [-0.15, -0.1) is 0 Å². The number of carbonyl (C=O) groups is 2. The van der Waals surface area contributed by atoms with Crippen molar-refractivity contribution in [2.75, 3.05) is 13.7 Å². The quantitative estimate of drug-likeness (QED) is 0.726. The Morgan fingerprint density at radius 1 is 1.13 bits per heavy atom. The molecule has 0 aliphatic carbocycles. The second kappa shape index (κ2) is 8.66. The van der Waals surface area contributed by atoms with Gasteiger partial charge < -0.3 is 10.1 Å². The Morgan fingerprint density at radius 2 is 1.80 bits per heavy atom. The van der Waals surface area contributed by atoms with Crippen molar-refractivity contribution in [3.63, 3.8) is 0 Å². The average molecular weight is 432 g/mol. The molecule has 2 aromatic carbocycles. The van der Waals surface area contributed by atoms with Crippen molar-refractivity contribution in [1.82, 2.24) is 9.62 Å². The van der Waals surface area contributed by atoms with Gasteiger partial charge in [-0.2, -0.15) is 0 Å². The van der Waals surface area contributed by atoms with Gasteiger partial charge in [0.05, 0.1) is 7.11 Å². The van der Waals surface area contributed by atoms with Crippen LogP contribution >= 0.6 is 0 Å². The summed E-state index contributed by atoms with van der Waals surface area (Å²) < 4.78 is 45.5. The molecule has 0 unspecified atom stereocenters. The molecule has 3 rings (SSSR count). The van der Waals surface area contributed by atoms with Crippen LogP contribution in [0.15, 0.2) is 54.1 Å². The third-order valence-corrected chi connectivity index (χ3v) is 6.61. The molecule has 0 radical (unpaired) electrons. The zero-order valence-corrected chi connectivity index (χ0v) is 17.3. The van der Waals surface area contributed by atoms with Gasteiger partial charge in [-0.3, -0.25) is 9.59 Å². The molecule has 0 atom stereocenters. The lowest BCUT2D eigenvalue weighted by molar-refractivity contribution is -0.128. The highest BCUT2D eigenvalue weighted by atomic mass is 32.2. The van der Waals surface area contributed by atoms with Crippen molar-refractivity contribution in [2.24, 2.45) is 0 Å². The lowest BCUT2D eigenvalue weighted by atomic mass is 10.1. The number of nitrogens with one attached hydrogen (secondary N) is 1. The minimum absolute atomic E-state index is 0.112. The maximum Gasteiger partial charge on any atom is 0.268 e. The van der Waals surface area contributed by atoms with Crippen LogP contribution in [0.3, 0.4) is 0 Å². The predicted octanol–water partition coefficient (Wildman–Crippen LogP) is 2.44. The summed E-state index contributed by atoms with van der Waals surface area (Å²) in [5.41, 5.74) is 0.713. The number of ether oxygens (including phenoxy) is 1. The molecule has 9 heteroatoms. The summed E-state index contributed by atoms with van der Waals surface area (Å²) in [7, 11) is -2.72. The normalized spacial score (nSPS) is 15.4. The summed E-state index contributed by atoms with van der Waals surface area (Å²) in [6.45, 7) is 0.875. The number of rotatable bonds is 7. The van der Waals surface area contributed by atoms with E-state index in [1.165, 1.54) is 25.3 Å². The van der Waals surface area contributed by atoms with E-state index in [0.717, 1.165) is 0 Å². The molecule has 0 saturated heterocycles. The minimum Gasteiger partial charge on any atom is -0.497 e. The van der Waals surface area contributed by atoms with Crippen molar-refractivity contribution >= 4 is 26.7 Å². The zero-order valence-electron chi connectivity index (χ0n) is 16.5. The Labute approximate surface area is 174 Å². The van der Waals surface area contributed by atoms with Gasteiger partial charge in [0.25, 0.3) is 15.9 Å². The Morgan fingerprint density at radius 3 is 2.40 bits per heavy atom. The molecule has 158 valence electrons. The van der Waals surface area contributed by atoms with Crippen LogP contribution in [0.4, 0.5) is 4.39 Å². The van der Waals surface area contributed by atoms with E-state index in [-0.39, 0.29) is 29.0 Å². The molecule has 1 N–H and O–H groups in total. The van der Waals surface area contributed by atoms with E-state index in [2.05, 4.69) is 5.32 Å². The lowest BCUT2D eigenvalue weighted by Crippen LogP contribution is -2.41. The van der Waals surface area contributed by atoms with Crippen LogP contribution in [0.2, 0.25) is 0 Å². The summed E-state index contributed by atoms with van der Waals surface area (Å²) in [6.07, 6.45) is 0.187. The molecule has 7 nitrogen and oxygen atoms in total. The second-order valence-electron chi connectivity index (χ2n) is 6.57.